The minimum absolute atomic E-state index is 0. The van der Waals surface area contributed by atoms with Crippen LogP contribution in [0, 0.1) is 11.8 Å². The standard InChI is InChI=1S/C12H27N3.C10H21N3.C10H23N3.C8H17N3.C8H17NO.C7H15NO.2C6H13NO.C5H11NO.23CH4/c1-7-14(8-2)12(13-11(5)6)15(9-3)10-4;1-5-12-7-8-13(6-2)10(12)11-9(3)4;1-7-12(5)10(11-9(3)4)13(6)8-2;1-7(2)9-8-10(3)5-6-11(8)4;1-5-7(4)8(10)9-6(2)3;1-5(2)7(9)8-6(3)4;2*1-4-6(8)7-5(2)3;1-4(2)6-5(3)7;;;;;;;;;;;;;;;;;;;;;;;/h11H,7-10H2,1-6H3;9H,5-8H2,1-4H3;9H,7-8H2,1-6H3;7H,5-6H2,1-4H3;6-7H,5H2,1-4H3,(H,9,10);5-6H,1-4H3,(H,8,9);2*5H,4H2,1-3H3,(H,7,8);4H,1-3H3,(H,6,7);23*1H4. The number of aliphatic imine (C=N–C) groups is 4. The van der Waals surface area contributed by atoms with Crippen LogP contribution in [-0.4, -0.2) is 254 Å². The van der Waals surface area contributed by atoms with Crippen LogP contribution in [0.4, 0.5) is 0 Å². The second-order valence-electron chi connectivity index (χ2n) is 26.3. The Morgan fingerprint density at radius 1 is 0.333 bits per heavy atom. The smallest absolute Gasteiger partial charge is 0.223 e. The highest BCUT2D eigenvalue weighted by molar-refractivity contribution is 5.83. The number of likely N-dealkylation sites (N-methyl/N-ethyl adjacent to an activating group) is 4. The van der Waals surface area contributed by atoms with Gasteiger partial charge in [0.25, 0.3) is 0 Å². The summed E-state index contributed by atoms with van der Waals surface area (Å²) >= 11 is 0. The van der Waals surface area contributed by atoms with Gasteiger partial charge in [-0.2, -0.15) is 0 Å². The molecule has 0 saturated carbocycles. The van der Waals surface area contributed by atoms with Gasteiger partial charge in [-0.25, -0.2) is 0 Å². The van der Waals surface area contributed by atoms with Crippen molar-refractivity contribution in [3.05, 3.63) is 0 Å². The highest BCUT2D eigenvalue weighted by atomic mass is 16.2. The summed E-state index contributed by atoms with van der Waals surface area (Å²) in [5, 5.41) is 13.8. The number of carbonyl (C=O) groups excluding carboxylic acids is 5. The molecule has 0 aliphatic carbocycles. The average molecular weight is 1710 g/mol. The Morgan fingerprint density at radius 2 is 0.581 bits per heavy atom. The number of hydrogen-bond donors (Lipinski definition) is 5. The predicted molar refractivity (Wildman–Crippen MR) is 564 cm³/mol. The zero-order valence-electron chi connectivity index (χ0n) is 68.4. The molecule has 5 amide bonds. The summed E-state index contributed by atoms with van der Waals surface area (Å²) in [5.41, 5.74) is 0. The molecule has 0 radical (unpaired) electrons. The molecule has 2 aliphatic rings. The first-order valence-electron chi connectivity index (χ1n) is 36.1. The first kappa shape index (κ1) is 205. The fourth-order valence-corrected chi connectivity index (χ4v) is 7.78. The molecular formula is C95H249N17O5. The van der Waals surface area contributed by atoms with Crippen LogP contribution in [0.5, 0.6) is 0 Å². The molecule has 0 aromatic carbocycles. The van der Waals surface area contributed by atoms with Crippen molar-refractivity contribution in [2.75, 3.05) is 107 Å². The van der Waals surface area contributed by atoms with Gasteiger partial charge < -0.3 is 65.8 Å². The monoisotopic (exact) mass is 1710 g/mol. The van der Waals surface area contributed by atoms with Gasteiger partial charge >= 0.3 is 0 Å². The van der Waals surface area contributed by atoms with Crippen LogP contribution in [0.1, 0.15) is 419 Å². The molecule has 0 aromatic heterocycles. The largest absolute Gasteiger partial charge is 0.354 e. The van der Waals surface area contributed by atoms with E-state index in [1.54, 1.807) is 0 Å². The number of guanidine groups is 4. The first-order valence-corrected chi connectivity index (χ1v) is 36.1. The summed E-state index contributed by atoms with van der Waals surface area (Å²) in [6.45, 7) is 79.5. The molecule has 0 aromatic rings. The van der Waals surface area contributed by atoms with Crippen LogP contribution in [-0.2, 0) is 24.0 Å². The molecule has 1 atom stereocenters. The van der Waals surface area contributed by atoms with Gasteiger partial charge in [0.05, 0.1) is 0 Å². The Bertz CT molecular complexity index is 1920. The lowest BCUT2D eigenvalue weighted by Gasteiger charge is -2.32. The van der Waals surface area contributed by atoms with Crippen molar-refractivity contribution >= 4 is 53.4 Å². The van der Waals surface area contributed by atoms with E-state index in [1.807, 2.05) is 111 Å². The molecule has 2 saturated heterocycles. The SMILES string of the molecule is C.C.C.C.C.C.C.C.C.C.C.C.C.C.C.C.C.C.C.C.C.C.C.CC(=O)NC(C)C.CC(C)N=C1N(C)CCN1C.CC(C)NC(=O)C(C)C.CCC(=O)NC(C)C.CCC(=O)NC(C)C.CCC(C)C(=O)NC(C)C.CCN(C)C(=NC(C)C)N(C)CC.CCN(CC)C(=NC(C)C)N(CC)CC.CCN1CCN(CC)C1=NC(C)C. The molecule has 1 unspecified atom stereocenters. The summed E-state index contributed by atoms with van der Waals surface area (Å²) < 4.78 is 0. The van der Waals surface area contributed by atoms with Crippen LogP contribution in [0.3, 0.4) is 0 Å². The fourth-order valence-electron chi connectivity index (χ4n) is 7.78. The molecule has 0 bridgehead atoms. The van der Waals surface area contributed by atoms with E-state index in [-0.39, 0.29) is 242 Å². The van der Waals surface area contributed by atoms with E-state index in [9.17, 15) is 24.0 Å². The molecule has 22 heteroatoms. The van der Waals surface area contributed by atoms with E-state index in [1.165, 1.54) is 12.9 Å². The highest BCUT2D eigenvalue weighted by Gasteiger charge is 2.24. The van der Waals surface area contributed by atoms with E-state index in [0.717, 1.165) is 103 Å². The molecule has 0 spiro atoms. The minimum Gasteiger partial charge on any atom is -0.354 e. The van der Waals surface area contributed by atoms with Crippen LogP contribution in [0.25, 0.3) is 0 Å². The lowest BCUT2D eigenvalue weighted by molar-refractivity contribution is -0.125. The van der Waals surface area contributed by atoms with Gasteiger partial charge in [0.1, 0.15) is 0 Å². The topological polar surface area (TPSA) is 221 Å². The maximum atomic E-state index is 11.1. The number of amides is 5. The van der Waals surface area contributed by atoms with Crippen molar-refractivity contribution in [3.8, 4) is 0 Å². The third kappa shape index (κ3) is 124. The molecule has 744 valence electrons. The molecule has 5 N–H and O–H groups in total. The van der Waals surface area contributed by atoms with E-state index >= 15 is 0 Å². The molecule has 2 rings (SSSR count). The van der Waals surface area contributed by atoms with Gasteiger partial charge in [-0.05, 0) is 186 Å². The van der Waals surface area contributed by atoms with Crippen LogP contribution >= 0.6 is 0 Å². The Hall–Kier alpha value is -5.57. The molecule has 2 aliphatic heterocycles. The lowest BCUT2D eigenvalue weighted by atomic mass is 10.1. The molecular weight excluding hydrogens is 1460 g/mol. The summed E-state index contributed by atoms with van der Waals surface area (Å²) in [7, 11) is 8.33. The molecule has 2 heterocycles. The molecule has 2 fully saturated rings. The zero-order chi connectivity index (χ0) is 75.1. The van der Waals surface area contributed by atoms with Crippen molar-refractivity contribution in [1.29, 1.82) is 0 Å². The highest BCUT2D eigenvalue weighted by Crippen LogP contribution is 2.10. The minimum atomic E-state index is 0. The van der Waals surface area contributed by atoms with Gasteiger partial charge in [-0.3, -0.25) is 43.9 Å². The normalized spacial score (nSPS) is 9.91. The number of rotatable bonds is 22. The zero-order valence-corrected chi connectivity index (χ0v) is 68.4. The van der Waals surface area contributed by atoms with Crippen LogP contribution < -0.4 is 26.6 Å². The fraction of sp³-hybridized carbons (Fsp3) is 0.905. The third-order valence-corrected chi connectivity index (χ3v) is 13.1. The van der Waals surface area contributed by atoms with E-state index < -0.39 is 0 Å². The first-order chi connectivity index (χ1) is 43.5. The summed E-state index contributed by atoms with van der Waals surface area (Å²) in [6.07, 6.45) is 2.08. The number of hydrogen-bond acceptors (Lipinski definition) is 9. The van der Waals surface area contributed by atoms with Gasteiger partial charge in [-0.15, -0.1) is 0 Å². The molecule has 22 nitrogen and oxygen atoms in total. The van der Waals surface area contributed by atoms with Gasteiger partial charge in [0, 0.05) is 193 Å². The molecule has 117 heavy (non-hydrogen) atoms. The van der Waals surface area contributed by atoms with Crippen molar-refractivity contribution in [2.24, 2.45) is 31.8 Å². The summed E-state index contributed by atoms with van der Waals surface area (Å²) in [4.78, 5) is 89.6. The second kappa shape index (κ2) is 126. The van der Waals surface area contributed by atoms with Crippen LogP contribution in [0.15, 0.2) is 20.0 Å². The van der Waals surface area contributed by atoms with Crippen LogP contribution in [0.2, 0.25) is 0 Å². The summed E-state index contributed by atoms with van der Waals surface area (Å²) in [5.74, 6) is 5.40. The second-order valence-corrected chi connectivity index (χ2v) is 26.3. The van der Waals surface area contributed by atoms with Crippen molar-refractivity contribution in [1.82, 2.24) is 65.8 Å². The maximum Gasteiger partial charge on any atom is 0.223 e. The van der Waals surface area contributed by atoms with E-state index in [0.29, 0.717) is 37.0 Å². The van der Waals surface area contributed by atoms with E-state index in [2.05, 4.69) is 220 Å². The van der Waals surface area contributed by atoms with Gasteiger partial charge in [0.2, 0.25) is 29.5 Å². The Kier molecular flexibility index (Phi) is 221. The average Bonchev–Trinajstić information content (AvgIpc) is 1.74. The maximum absolute atomic E-state index is 11.1. The Balaban J connectivity index is -0.0000000256. The quantitative estimate of drug-likeness (QED) is 0.0504. The van der Waals surface area contributed by atoms with E-state index in [4.69, 9.17) is 4.99 Å². The number of carbonyl (C=O) groups is 5. The van der Waals surface area contributed by atoms with Crippen molar-refractivity contribution < 1.29 is 24.0 Å². The lowest BCUT2D eigenvalue weighted by Crippen LogP contribution is -2.44. The summed E-state index contributed by atoms with van der Waals surface area (Å²) in [6, 6.07) is 2.88. The van der Waals surface area contributed by atoms with Gasteiger partial charge in [-0.1, -0.05) is 212 Å². The third-order valence-electron chi connectivity index (χ3n) is 13.1. The Labute approximate surface area is 750 Å². The predicted octanol–water partition coefficient (Wildman–Crippen LogP) is 25.9. The Morgan fingerprint density at radius 3 is 0.744 bits per heavy atom. The van der Waals surface area contributed by atoms with Crippen molar-refractivity contribution in [2.45, 2.75) is 473 Å². The van der Waals surface area contributed by atoms with Crippen molar-refractivity contribution in [3.63, 3.8) is 0 Å². The number of nitrogens with one attached hydrogen (secondary N) is 5. The number of nitrogens with zero attached hydrogens (tertiary/aromatic N) is 12. The van der Waals surface area contributed by atoms with Gasteiger partial charge in [0.15, 0.2) is 23.8 Å².